The number of nitrogens with one attached hydrogen (secondary N) is 1. The number of halogens is 2. The molecule has 0 saturated carbocycles. The van der Waals surface area contributed by atoms with Crippen LogP contribution in [0.1, 0.15) is 0 Å². The van der Waals surface area contributed by atoms with E-state index in [1.54, 1.807) is 0 Å². The zero-order valence-electron chi connectivity index (χ0n) is 9.26. The maximum absolute atomic E-state index is 11.7. The predicted octanol–water partition coefficient (Wildman–Crippen LogP) is 2.04. The Hall–Kier alpha value is -1.44. The molecule has 1 aromatic heterocycles. The molecule has 0 saturated heterocycles. The van der Waals surface area contributed by atoms with Crippen molar-refractivity contribution in [1.29, 1.82) is 0 Å². The number of thioether (sulfide) groups is 1. The number of rotatable bonds is 4. The number of aromatic amines is 1. The van der Waals surface area contributed by atoms with E-state index in [2.05, 4.69) is 10.2 Å². The van der Waals surface area contributed by atoms with Gasteiger partial charge in [0.15, 0.2) is 5.16 Å². The third-order valence-corrected chi connectivity index (χ3v) is 3.43. The van der Waals surface area contributed by atoms with Gasteiger partial charge in [0, 0.05) is 10.0 Å². The summed E-state index contributed by atoms with van der Waals surface area (Å²) < 4.78 is 1.21. The van der Waals surface area contributed by atoms with Crippen LogP contribution in [0.3, 0.4) is 0 Å². The first-order valence-electron chi connectivity index (χ1n) is 4.96. The number of nitrogens with zero attached hydrogens (tertiary/aromatic N) is 2. The van der Waals surface area contributed by atoms with Crippen LogP contribution >= 0.6 is 35.0 Å². The fourth-order valence-electron chi connectivity index (χ4n) is 1.40. The molecule has 6 nitrogen and oxygen atoms in total. The average Bonchev–Trinajstić information content (AvgIpc) is 2.66. The molecule has 1 aromatic carbocycles. The Morgan fingerprint density at radius 2 is 2.00 bits per heavy atom. The predicted molar refractivity (Wildman–Crippen MR) is 72.6 cm³/mol. The third kappa shape index (κ3) is 3.31. The molecule has 0 bridgehead atoms. The molecule has 2 rings (SSSR count). The van der Waals surface area contributed by atoms with Gasteiger partial charge in [-0.1, -0.05) is 35.0 Å². The van der Waals surface area contributed by atoms with Gasteiger partial charge in [-0.25, -0.2) is 14.5 Å². The van der Waals surface area contributed by atoms with E-state index in [0.717, 1.165) is 11.8 Å². The first-order valence-corrected chi connectivity index (χ1v) is 6.70. The highest BCUT2D eigenvalue weighted by Crippen LogP contribution is 2.24. The van der Waals surface area contributed by atoms with Crippen molar-refractivity contribution in [2.75, 3.05) is 5.75 Å². The van der Waals surface area contributed by atoms with Gasteiger partial charge in [-0.2, -0.15) is 0 Å². The van der Waals surface area contributed by atoms with Crippen molar-refractivity contribution in [3.05, 3.63) is 38.7 Å². The molecule has 0 radical (unpaired) electrons. The van der Waals surface area contributed by atoms with Gasteiger partial charge in [-0.3, -0.25) is 4.79 Å². The average molecular weight is 320 g/mol. The molecule has 0 aliphatic carbocycles. The normalized spacial score (nSPS) is 10.6. The SMILES string of the molecule is O=C(O)CSc1n[nH]c(=O)n1-c1cc(Cl)cc(Cl)c1. The number of hydrogen-bond acceptors (Lipinski definition) is 4. The molecule has 0 fully saturated rings. The first-order chi connectivity index (χ1) is 8.97. The molecule has 2 N–H and O–H groups in total. The Balaban J connectivity index is 2.46. The van der Waals surface area contributed by atoms with Crippen molar-refractivity contribution in [2.45, 2.75) is 5.16 Å². The lowest BCUT2D eigenvalue weighted by Gasteiger charge is -2.05. The van der Waals surface area contributed by atoms with Crippen LogP contribution in [0, 0.1) is 0 Å². The summed E-state index contributed by atoms with van der Waals surface area (Å²) in [5.41, 5.74) is -0.0737. The monoisotopic (exact) mass is 319 g/mol. The van der Waals surface area contributed by atoms with Crippen LogP contribution in [0.25, 0.3) is 5.69 Å². The van der Waals surface area contributed by atoms with E-state index in [0.29, 0.717) is 15.7 Å². The minimum Gasteiger partial charge on any atom is -0.481 e. The summed E-state index contributed by atoms with van der Waals surface area (Å²) in [4.78, 5) is 22.3. The molecule has 0 atom stereocenters. The fourth-order valence-corrected chi connectivity index (χ4v) is 2.60. The lowest BCUT2D eigenvalue weighted by molar-refractivity contribution is -0.133. The zero-order valence-corrected chi connectivity index (χ0v) is 11.6. The van der Waals surface area contributed by atoms with Crippen molar-refractivity contribution < 1.29 is 9.90 Å². The molecule has 9 heteroatoms. The molecule has 0 amide bonds. The number of aliphatic carboxylic acids is 1. The van der Waals surface area contributed by atoms with Crippen molar-refractivity contribution in [3.8, 4) is 5.69 Å². The summed E-state index contributed by atoms with van der Waals surface area (Å²) in [5, 5.41) is 15.6. The summed E-state index contributed by atoms with van der Waals surface area (Å²) in [6.45, 7) is 0. The molecule has 1 heterocycles. The summed E-state index contributed by atoms with van der Waals surface area (Å²) in [7, 11) is 0. The molecular weight excluding hydrogens is 313 g/mol. The lowest BCUT2D eigenvalue weighted by atomic mass is 10.3. The van der Waals surface area contributed by atoms with Crippen LogP contribution < -0.4 is 5.69 Å². The number of hydrogen-bond donors (Lipinski definition) is 2. The highest BCUT2D eigenvalue weighted by molar-refractivity contribution is 7.99. The Morgan fingerprint density at radius 3 is 2.58 bits per heavy atom. The topological polar surface area (TPSA) is 88.0 Å². The standard InChI is InChI=1S/C10H7Cl2N3O3S/c11-5-1-6(12)3-7(2-5)15-9(18)13-14-10(15)19-4-8(16)17/h1-3H,4H2,(H,13,18)(H,16,17). The van der Waals surface area contributed by atoms with Crippen LogP contribution in [-0.4, -0.2) is 31.6 Å². The van der Waals surface area contributed by atoms with Crippen molar-refractivity contribution in [3.63, 3.8) is 0 Å². The van der Waals surface area contributed by atoms with E-state index in [1.807, 2.05) is 0 Å². The Bertz CT molecular complexity index is 663. The zero-order chi connectivity index (χ0) is 14.0. The van der Waals surface area contributed by atoms with Gasteiger partial charge in [0.2, 0.25) is 0 Å². The van der Waals surface area contributed by atoms with Gasteiger partial charge in [-0.05, 0) is 18.2 Å². The maximum atomic E-state index is 11.7. The van der Waals surface area contributed by atoms with E-state index in [1.165, 1.54) is 22.8 Å². The van der Waals surface area contributed by atoms with Crippen LogP contribution in [0.2, 0.25) is 10.0 Å². The summed E-state index contributed by atoms with van der Waals surface area (Å²) in [5.74, 6) is -1.21. The number of carbonyl (C=O) groups is 1. The largest absolute Gasteiger partial charge is 0.481 e. The molecular formula is C10H7Cl2N3O3S. The second-order valence-corrected chi connectivity index (χ2v) is 5.27. The van der Waals surface area contributed by atoms with Crippen LogP contribution in [0.4, 0.5) is 0 Å². The van der Waals surface area contributed by atoms with Gasteiger partial charge >= 0.3 is 11.7 Å². The quantitative estimate of drug-likeness (QED) is 0.842. The summed E-state index contributed by atoms with van der Waals surface area (Å²) >= 11 is 12.7. The fraction of sp³-hybridized carbons (Fsp3) is 0.100. The molecule has 0 aliphatic heterocycles. The smallest absolute Gasteiger partial charge is 0.348 e. The second kappa shape index (κ2) is 5.68. The van der Waals surface area contributed by atoms with Crippen LogP contribution in [0.15, 0.2) is 28.2 Å². The summed E-state index contributed by atoms with van der Waals surface area (Å²) in [6, 6.07) is 4.60. The lowest BCUT2D eigenvalue weighted by Crippen LogP contribution is -2.16. The molecule has 0 aliphatic rings. The van der Waals surface area contributed by atoms with Gasteiger partial charge in [-0.15, -0.1) is 5.10 Å². The summed E-state index contributed by atoms with van der Waals surface area (Å²) in [6.07, 6.45) is 0. The number of H-pyrrole nitrogens is 1. The molecule has 0 spiro atoms. The van der Waals surface area contributed by atoms with Gasteiger partial charge in [0.25, 0.3) is 0 Å². The van der Waals surface area contributed by atoms with Crippen molar-refractivity contribution >= 4 is 40.9 Å². The van der Waals surface area contributed by atoms with Gasteiger partial charge in [0.05, 0.1) is 11.4 Å². The van der Waals surface area contributed by atoms with Crippen molar-refractivity contribution in [1.82, 2.24) is 14.8 Å². The van der Waals surface area contributed by atoms with E-state index < -0.39 is 11.7 Å². The third-order valence-electron chi connectivity index (χ3n) is 2.07. The maximum Gasteiger partial charge on any atom is 0.348 e. The Kier molecular flexibility index (Phi) is 4.18. The minimum atomic E-state index is -1.00. The number of aromatic nitrogens is 3. The van der Waals surface area contributed by atoms with Crippen LogP contribution in [-0.2, 0) is 4.79 Å². The van der Waals surface area contributed by atoms with E-state index in [4.69, 9.17) is 28.3 Å². The first kappa shape index (κ1) is 14.0. The van der Waals surface area contributed by atoms with Crippen molar-refractivity contribution in [2.24, 2.45) is 0 Å². The number of carboxylic acid groups (broad SMARTS) is 1. The van der Waals surface area contributed by atoms with E-state index >= 15 is 0 Å². The van der Waals surface area contributed by atoms with Crippen LogP contribution in [0.5, 0.6) is 0 Å². The Morgan fingerprint density at radius 1 is 1.37 bits per heavy atom. The van der Waals surface area contributed by atoms with E-state index in [-0.39, 0.29) is 10.9 Å². The van der Waals surface area contributed by atoms with Gasteiger partial charge < -0.3 is 5.11 Å². The molecule has 100 valence electrons. The minimum absolute atomic E-state index is 0.210. The van der Waals surface area contributed by atoms with Gasteiger partial charge in [0.1, 0.15) is 0 Å². The number of benzene rings is 1. The molecule has 0 unspecified atom stereocenters. The highest BCUT2D eigenvalue weighted by Gasteiger charge is 2.13. The van der Waals surface area contributed by atoms with E-state index in [9.17, 15) is 9.59 Å². The Labute approximate surface area is 121 Å². The second-order valence-electron chi connectivity index (χ2n) is 3.46. The molecule has 19 heavy (non-hydrogen) atoms. The molecule has 2 aromatic rings. The number of carboxylic acids is 1. The highest BCUT2D eigenvalue weighted by atomic mass is 35.5.